The molecule has 1 aliphatic carbocycles. The van der Waals surface area contributed by atoms with E-state index in [4.69, 9.17) is 0 Å². The molecule has 1 fully saturated rings. The summed E-state index contributed by atoms with van der Waals surface area (Å²) in [4.78, 5) is 5.21. The molecule has 1 saturated carbocycles. The van der Waals surface area contributed by atoms with Gasteiger partial charge in [-0.15, -0.1) is 11.3 Å². The second kappa shape index (κ2) is 3.76. The number of nitrogens with zero attached hydrogens (tertiary/aromatic N) is 1. The van der Waals surface area contributed by atoms with Crippen molar-refractivity contribution in [3.63, 3.8) is 0 Å². The van der Waals surface area contributed by atoms with E-state index in [2.05, 4.69) is 4.98 Å². The molecular weight excluding hydrogens is 182 g/mol. The molecule has 3 heteroatoms. The number of aromatic nitrogens is 1. The number of aryl methyl sites for hydroxylation is 1. The predicted octanol–water partition coefficient (Wildman–Crippen LogP) is 2.68. The van der Waals surface area contributed by atoms with Crippen LogP contribution in [0.4, 0.5) is 0 Å². The van der Waals surface area contributed by atoms with Crippen LogP contribution in [-0.4, -0.2) is 10.1 Å². The summed E-state index contributed by atoms with van der Waals surface area (Å²) in [6, 6.07) is 0. The van der Waals surface area contributed by atoms with Gasteiger partial charge in [-0.2, -0.15) is 0 Å². The summed E-state index contributed by atoms with van der Waals surface area (Å²) >= 11 is 1.57. The van der Waals surface area contributed by atoms with Gasteiger partial charge >= 0.3 is 0 Å². The van der Waals surface area contributed by atoms with Crippen LogP contribution in [0.1, 0.15) is 42.4 Å². The van der Waals surface area contributed by atoms with E-state index in [0.29, 0.717) is 0 Å². The van der Waals surface area contributed by atoms with Crippen molar-refractivity contribution in [3.8, 4) is 0 Å². The number of aliphatic hydroxyl groups excluding tert-OH is 1. The smallest absolute Gasteiger partial charge is 0.0903 e. The molecule has 0 aliphatic heterocycles. The lowest BCUT2D eigenvalue weighted by molar-refractivity contribution is 0.120. The van der Waals surface area contributed by atoms with Crippen molar-refractivity contribution >= 4 is 11.3 Å². The first-order chi connectivity index (χ1) is 6.27. The summed E-state index contributed by atoms with van der Waals surface area (Å²) in [5, 5.41) is 9.90. The lowest BCUT2D eigenvalue weighted by Crippen LogP contribution is -2.14. The largest absolute Gasteiger partial charge is 0.387 e. The van der Waals surface area contributed by atoms with Crippen molar-refractivity contribution < 1.29 is 5.11 Å². The minimum Gasteiger partial charge on any atom is -0.387 e. The Morgan fingerprint density at radius 1 is 1.69 bits per heavy atom. The highest BCUT2D eigenvalue weighted by molar-refractivity contribution is 7.09. The molecule has 1 aromatic rings. The van der Waals surface area contributed by atoms with Gasteiger partial charge in [0.15, 0.2) is 0 Å². The Hall–Kier alpha value is -0.410. The predicted molar refractivity (Wildman–Crippen MR) is 53.8 cm³/mol. The van der Waals surface area contributed by atoms with E-state index in [0.717, 1.165) is 22.9 Å². The number of thiazole rings is 1. The maximum absolute atomic E-state index is 9.90. The summed E-state index contributed by atoms with van der Waals surface area (Å²) in [7, 11) is 0. The molecule has 2 nitrogen and oxygen atoms in total. The van der Waals surface area contributed by atoms with Gasteiger partial charge in [-0.1, -0.05) is 19.3 Å². The number of hydrogen-bond donors (Lipinski definition) is 1. The zero-order chi connectivity index (χ0) is 9.26. The van der Waals surface area contributed by atoms with Crippen LogP contribution in [0.25, 0.3) is 0 Å². The average molecular weight is 197 g/mol. The molecule has 0 bridgehead atoms. The maximum Gasteiger partial charge on any atom is 0.0903 e. The Morgan fingerprint density at radius 2 is 2.46 bits per heavy atom. The summed E-state index contributed by atoms with van der Waals surface area (Å²) < 4.78 is 0. The first-order valence-corrected chi connectivity index (χ1v) is 5.73. The molecule has 2 rings (SSSR count). The monoisotopic (exact) mass is 197 g/mol. The second-order valence-electron chi connectivity index (χ2n) is 3.85. The van der Waals surface area contributed by atoms with Gasteiger partial charge < -0.3 is 5.11 Å². The molecule has 1 atom stereocenters. The molecule has 1 N–H and O–H groups in total. The van der Waals surface area contributed by atoms with Crippen LogP contribution in [0.5, 0.6) is 0 Å². The Morgan fingerprint density at radius 3 is 2.92 bits per heavy atom. The molecule has 0 aromatic carbocycles. The molecule has 0 spiro atoms. The van der Waals surface area contributed by atoms with Gasteiger partial charge in [0, 0.05) is 0 Å². The van der Waals surface area contributed by atoms with E-state index in [1.165, 1.54) is 19.3 Å². The molecule has 0 amide bonds. The van der Waals surface area contributed by atoms with E-state index < -0.39 is 0 Å². The first kappa shape index (κ1) is 9.16. The Balaban J connectivity index is 1.96. The Kier molecular flexibility index (Phi) is 2.65. The van der Waals surface area contributed by atoms with Crippen LogP contribution < -0.4 is 0 Å². The second-order valence-corrected chi connectivity index (χ2v) is 4.74. The first-order valence-electron chi connectivity index (χ1n) is 4.85. The van der Waals surface area contributed by atoms with Gasteiger partial charge in [0.1, 0.15) is 0 Å². The summed E-state index contributed by atoms with van der Waals surface area (Å²) in [6.07, 6.45) is 4.61. The lowest BCUT2D eigenvalue weighted by Gasteiger charge is -2.27. The molecular formula is C10H15NOS. The van der Waals surface area contributed by atoms with Crippen molar-refractivity contribution in [3.05, 3.63) is 16.1 Å². The fraction of sp³-hybridized carbons (Fsp3) is 0.700. The van der Waals surface area contributed by atoms with Crippen molar-refractivity contribution in [2.45, 2.75) is 38.7 Å². The molecule has 1 aromatic heterocycles. The fourth-order valence-electron chi connectivity index (χ4n) is 1.78. The highest BCUT2D eigenvalue weighted by Crippen LogP contribution is 2.36. The van der Waals surface area contributed by atoms with E-state index >= 15 is 0 Å². The average Bonchev–Trinajstić information content (AvgIpc) is 2.43. The van der Waals surface area contributed by atoms with Gasteiger partial charge in [0.05, 0.1) is 22.2 Å². The van der Waals surface area contributed by atoms with E-state index in [9.17, 15) is 5.11 Å². The highest BCUT2D eigenvalue weighted by Gasteiger charge is 2.23. The standard InChI is InChI=1S/C10H15NOS/c1-7-10(13-6-11-7)9(12)5-8-3-2-4-8/h6,8-9,12H,2-5H2,1H3. The van der Waals surface area contributed by atoms with Gasteiger partial charge in [0.25, 0.3) is 0 Å². The van der Waals surface area contributed by atoms with Gasteiger partial charge in [0.2, 0.25) is 0 Å². The third-order valence-electron chi connectivity index (χ3n) is 2.87. The topological polar surface area (TPSA) is 33.1 Å². The number of hydrogen-bond acceptors (Lipinski definition) is 3. The van der Waals surface area contributed by atoms with Crippen LogP contribution in [0.2, 0.25) is 0 Å². The molecule has 0 radical (unpaired) electrons. The van der Waals surface area contributed by atoms with Crippen molar-refractivity contribution in [2.24, 2.45) is 5.92 Å². The molecule has 1 aliphatic rings. The molecule has 0 saturated heterocycles. The van der Waals surface area contributed by atoms with Gasteiger partial charge in [-0.3, -0.25) is 0 Å². The zero-order valence-electron chi connectivity index (χ0n) is 7.86. The van der Waals surface area contributed by atoms with Crippen LogP contribution in [0.15, 0.2) is 5.51 Å². The van der Waals surface area contributed by atoms with Crippen molar-refractivity contribution in [2.75, 3.05) is 0 Å². The van der Waals surface area contributed by atoms with Crippen LogP contribution in [0, 0.1) is 12.8 Å². The van der Waals surface area contributed by atoms with Gasteiger partial charge in [-0.05, 0) is 19.3 Å². The minimum absolute atomic E-state index is 0.266. The van der Waals surface area contributed by atoms with Crippen molar-refractivity contribution in [1.29, 1.82) is 0 Å². The molecule has 1 unspecified atom stereocenters. The third-order valence-corrected chi connectivity index (χ3v) is 3.90. The van der Waals surface area contributed by atoms with Crippen LogP contribution in [0.3, 0.4) is 0 Å². The summed E-state index contributed by atoms with van der Waals surface area (Å²) in [5.74, 6) is 0.761. The molecule has 13 heavy (non-hydrogen) atoms. The van der Waals surface area contributed by atoms with E-state index in [1.807, 2.05) is 12.4 Å². The molecule has 72 valence electrons. The van der Waals surface area contributed by atoms with E-state index in [1.54, 1.807) is 11.3 Å². The third kappa shape index (κ3) is 1.92. The Labute approximate surface area is 82.6 Å². The summed E-state index contributed by atoms with van der Waals surface area (Å²) in [5.41, 5.74) is 2.81. The van der Waals surface area contributed by atoms with Gasteiger partial charge in [-0.25, -0.2) is 4.98 Å². The van der Waals surface area contributed by atoms with Crippen LogP contribution in [-0.2, 0) is 0 Å². The van der Waals surface area contributed by atoms with E-state index in [-0.39, 0.29) is 6.10 Å². The number of aliphatic hydroxyl groups is 1. The Bertz CT molecular complexity index is 280. The highest BCUT2D eigenvalue weighted by atomic mass is 32.1. The van der Waals surface area contributed by atoms with Crippen LogP contribution >= 0.6 is 11.3 Å². The number of rotatable bonds is 3. The quantitative estimate of drug-likeness (QED) is 0.808. The summed E-state index contributed by atoms with van der Waals surface area (Å²) in [6.45, 7) is 1.97. The normalized spacial score (nSPS) is 19.8. The fourth-order valence-corrected chi connectivity index (χ4v) is 2.58. The zero-order valence-corrected chi connectivity index (χ0v) is 8.68. The minimum atomic E-state index is -0.266. The SMILES string of the molecule is Cc1ncsc1C(O)CC1CCC1. The maximum atomic E-state index is 9.90. The lowest BCUT2D eigenvalue weighted by atomic mass is 9.81. The van der Waals surface area contributed by atoms with Crippen molar-refractivity contribution in [1.82, 2.24) is 4.98 Å². The molecule has 1 heterocycles.